The van der Waals surface area contributed by atoms with Crippen LogP contribution in [0.25, 0.3) is 0 Å². The lowest BCUT2D eigenvalue weighted by Gasteiger charge is -2.30. The first kappa shape index (κ1) is 15.1. The number of ether oxygens (including phenoxy) is 1. The van der Waals surface area contributed by atoms with E-state index in [1.807, 2.05) is 6.07 Å². The average Bonchev–Trinajstić information content (AvgIpc) is 2.48. The molecule has 0 bridgehead atoms. The largest absolute Gasteiger partial charge is 0.465 e. The summed E-state index contributed by atoms with van der Waals surface area (Å²) in [6, 6.07) is 8.44. The number of carbonyl (C=O) groups excluding carboxylic acids is 1. The molecule has 2 heteroatoms. The predicted molar refractivity (Wildman–Crippen MR) is 81.9 cm³/mol. The van der Waals surface area contributed by atoms with Crippen LogP contribution in [0.1, 0.15) is 75.3 Å². The van der Waals surface area contributed by atoms with Crippen molar-refractivity contribution in [2.75, 3.05) is 6.61 Å². The minimum Gasteiger partial charge on any atom is -0.465 e. The second-order valence-corrected chi connectivity index (χ2v) is 5.77. The van der Waals surface area contributed by atoms with Crippen LogP contribution < -0.4 is 0 Å². The highest BCUT2D eigenvalue weighted by atomic mass is 16.5. The van der Waals surface area contributed by atoms with Crippen molar-refractivity contribution < 1.29 is 9.53 Å². The molecule has 1 aromatic rings. The van der Waals surface area contributed by atoms with Gasteiger partial charge in [-0.2, -0.15) is 0 Å². The van der Waals surface area contributed by atoms with Crippen LogP contribution in [0.3, 0.4) is 0 Å². The van der Waals surface area contributed by atoms with Crippen LogP contribution in [0.15, 0.2) is 24.3 Å². The van der Waals surface area contributed by atoms with Gasteiger partial charge in [-0.05, 0) is 42.7 Å². The highest BCUT2D eigenvalue weighted by molar-refractivity contribution is 5.79. The van der Waals surface area contributed by atoms with Crippen molar-refractivity contribution in [3.8, 4) is 0 Å². The summed E-state index contributed by atoms with van der Waals surface area (Å²) in [5, 5.41) is 0. The summed E-state index contributed by atoms with van der Waals surface area (Å²) in [5.74, 6) is 0.549. The average molecular weight is 274 g/mol. The number of esters is 1. The molecular weight excluding hydrogens is 248 g/mol. The maximum atomic E-state index is 12.3. The minimum atomic E-state index is -0.0452. The van der Waals surface area contributed by atoms with E-state index < -0.39 is 0 Å². The van der Waals surface area contributed by atoms with Gasteiger partial charge in [0.2, 0.25) is 0 Å². The van der Waals surface area contributed by atoms with Gasteiger partial charge >= 0.3 is 5.97 Å². The molecule has 0 aromatic heterocycles. The van der Waals surface area contributed by atoms with E-state index in [1.54, 1.807) is 0 Å². The fraction of sp³-hybridized carbons (Fsp3) is 0.611. The zero-order valence-corrected chi connectivity index (χ0v) is 12.7. The maximum Gasteiger partial charge on any atom is 0.313 e. The van der Waals surface area contributed by atoms with E-state index in [0.29, 0.717) is 12.5 Å². The van der Waals surface area contributed by atoms with Gasteiger partial charge in [0.1, 0.15) is 0 Å². The molecule has 1 aliphatic rings. The molecule has 1 aliphatic carbocycles. The second-order valence-electron chi connectivity index (χ2n) is 5.77. The van der Waals surface area contributed by atoms with Crippen LogP contribution in [-0.4, -0.2) is 12.6 Å². The Morgan fingerprint density at radius 1 is 1.15 bits per heavy atom. The molecule has 0 fully saturated rings. The van der Waals surface area contributed by atoms with Crippen molar-refractivity contribution in [2.45, 2.75) is 64.2 Å². The second kappa shape index (κ2) is 7.47. The number of benzene rings is 1. The van der Waals surface area contributed by atoms with Crippen LogP contribution in [0.5, 0.6) is 0 Å². The molecule has 0 radical (unpaired) electrons. The van der Waals surface area contributed by atoms with Crippen molar-refractivity contribution >= 4 is 5.97 Å². The van der Waals surface area contributed by atoms with Gasteiger partial charge in [0.25, 0.3) is 0 Å². The Morgan fingerprint density at radius 3 is 2.60 bits per heavy atom. The molecule has 0 N–H and O–H groups in total. The van der Waals surface area contributed by atoms with Crippen LogP contribution in [0, 0.1) is 0 Å². The highest BCUT2D eigenvalue weighted by Gasteiger charge is 2.31. The fourth-order valence-corrected chi connectivity index (χ4v) is 3.19. The molecule has 0 saturated carbocycles. The maximum absolute atomic E-state index is 12.3. The van der Waals surface area contributed by atoms with Crippen molar-refractivity contribution in [2.24, 2.45) is 0 Å². The molecule has 0 heterocycles. The van der Waals surface area contributed by atoms with Gasteiger partial charge in [0.15, 0.2) is 0 Å². The molecule has 0 spiro atoms. The molecule has 2 atom stereocenters. The van der Waals surface area contributed by atoms with Crippen molar-refractivity contribution in [3.05, 3.63) is 35.4 Å². The summed E-state index contributed by atoms with van der Waals surface area (Å²) in [4.78, 5) is 12.3. The normalized spacial score (nSPS) is 21.3. The molecular formula is C18H26O2. The molecule has 2 nitrogen and oxygen atoms in total. The zero-order valence-electron chi connectivity index (χ0n) is 12.7. The van der Waals surface area contributed by atoms with Crippen LogP contribution in [0.4, 0.5) is 0 Å². The fourth-order valence-electron chi connectivity index (χ4n) is 3.19. The number of rotatable bonds is 6. The lowest BCUT2D eigenvalue weighted by atomic mass is 9.75. The van der Waals surface area contributed by atoms with Crippen molar-refractivity contribution in [1.29, 1.82) is 0 Å². The van der Waals surface area contributed by atoms with Crippen LogP contribution >= 0.6 is 0 Å². The predicted octanol–water partition coefficient (Wildman–Crippen LogP) is 4.79. The molecule has 20 heavy (non-hydrogen) atoms. The van der Waals surface area contributed by atoms with E-state index >= 15 is 0 Å². The number of carbonyl (C=O) groups is 1. The Kier molecular flexibility index (Phi) is 5.63. The lowest BCUT2D eigenvalue weighted by Crippen LogP contribution is -2.23. The van der Waals surface area contributed by atoms with Gasteiger partial charge in [0.05, 0.1) is 12.5 Å². The zero-order chi connectivity index (χ0) is 14.4. The summed E-state index contributed by atoms with van der Waals surface area (Å²) in [7, 11) is 0. The van der Waals surface area contributed by atoms with Gasteiger partial charge in [-0.25, -0.2) is 0 Å². The van der Waals surface area contributed by atoms with Crippen LogP contribution in [0.2, 0.25) is 0 Å². The van der Waals surface area contributed by atoms with E-state index in [9.17, 15) is 4.79 Å². The SMILES string of the molecule is CCCCOC(=O)C1CCC(CCC)c2ccccc21. The van der Waals surface area contributed by atoms with E-state index in [4.69, 9.17) is 4.74 Å². The standard InChI is InChI=1S/C18H26O2/c1-3-5-13-20-18(19)17-12-11-14(8-4-2)15-9-6-7-10-16(15)17/h6-7,9-10,14,17H,3-5,8,11-13H2,1-2H3. The van der Waals surface area contributed by atoms with Gasteiger partial charge in [-0.1, -0.05) is 51.0 Å². The summed E-state index contributed by atoms with van der Waals surface area (Å²) in [6.45, 7) is 4.90. The van der Waals surface area contributed by atoms with Crippen molar-refractivity contribution in [3.63, 3.8) is 0 Å². The van der Waals surface area contributed by atoms with Crippen LogP contribution in [-0.2, 0) is 9.53 Å². The molecule has 2 rings (SSSR count). The van der Waals surface area contributed by atoms with Gasteiger partial charge in [0, 0.05) is 0 Å². The van der Waals surface area contributed by atoms with Crippen molar-refractivity contribution in [1.82, 2.24) is 0 Å². The summed E-state index contributed by atoms with van der Waals surface area (Å²) < 4.78 is 5.44. The molecule has 0 amide bonds. The van der Waals surface area contributed by atoms with E-state index in [2.05, 4.69) is 32.0 Å². The third-order valence-corrected chi connectivity index (χ3v) is 4.28. The van der Waals surface area contributed by atoms with Gasteiger partial charge in [-0.3, -0.25) is 4.79 Å². The first-order valence-corrected chi connectivity index (χ1v) is 8.03. The topological polar surface area (TPSA) is 26.3 Å². The van der Waals surface area contributed by atoms with Gasteiger partial charge in [-0.15, -0.1) is 0 Å². The molecule has 0 saturated heterocycles. The monoisotopic (exact) mass is 274 g/mol. The Labute approximate surface area is 122 Å². The lowest BCUT2D eigenvalue weighted by molar-refractivity contribution is -0.146. The quantitative estimate of drug-likeness (QED) is 0.550. The third-order valence-electron chi connectivity index (χ3n) is 4.28. The number of fused-ring (bicyclic) bond motifs is 1. The first-order chi connectivity index (χ1) is 9.77. The molecule has 110 valence electrons. The number of hydrogen-bond acceptors (Lipinski definition) is 2. The van der Waals surface area contributed by atoms with E-state index in [-0.39, 0.29) is 11.9 Å². The molecule has 0 aliphatic heterocycles. The molecule has 2 unspecified atom stereocenters. The summed E-state index contributed by atoms with van der Waals surface area (Å²) in [6.07, 6.45) is 6.48. The number of unbranched alkanes of at least 4 members (excludes halogenated alkanes) is 1. The third kappa shape index (κ3) is 3.41. The first-order valence-electron chi connectivity index (χ1n) is 8.03. The summed E-state index contributed by atoms with van der Waals surface area (Å²) in [5.41, 5.74) is 2.58. The molecule has 1 aromatic carbocycles. The Hall–Kier alpha value is -1.31. The Bertz CT molecular complexity index is 439. The van der Waals surface area contributed by atoms with E-state index in [0.717, 1.165) is 25.7 Å². The number of hydrogen-bond donors (Lipinski definition) is 0. The summed E-state index contributed by atoms with van der Waals surface area (Å²) >= 11 is 0. The smallest absolute Gasteiger partial charge is 0.313 e. The Morgan fingerprint density at radius 2 is 1.90 bits per heavy atom. The Balaban J connectivity index is 2.12. The van der Waals surface area contributed by atoms with Gasteiger partial charge < -0.3 is 4.74 Å². The van der Waals surface area contributed by atoms with E-state index in [1.165, 1.54) is 24.0 Å². The minimum absolute atomic E-state index is 0.0270. The highest BCUT2D eigenvalue weighted by Crippen LogP contribution is 2.41.